The molecule has 0 aromatic heterocycles. The first-order valence-corrected chi connectivity index (χ1v) is 7.85. The van der Waals surface area contributed by atoms with Gasteiger partial charge in [0.15, 0.2) is 0 Å². The quantitative estimate of drug-likeness (QED) is 0.700. The molecule has 0 radical (unpaired) electrons. The molecule has 2 fully saturated rings. The van der Waals surface area contributed by atoms with Crippen LogP contribution in [0.5, 0.6) is 0 Å². The Hall–Kier alpha value is -0.0400. The van der Waals surface area contributed by atoms with E-state index in [1.54, 1.807) is 0 Å². The summed E-state index contributed by atoms with van der Waals surface area (Å²) in [7, 11) is 0. The molecule has 0 heterocycles. The second kappa shape index (κ2) is 5.73. The second-order valence-electron chi connectivity index (χ2n) is 7.16. The Bertz CT molecular complexity index is 234. The molecule has 1 heteroatoms. The summed E-state index contributed by atoms with van der Waals surface area (Å²) in [5.74, 6) is 1.99. The Kier molecular flexibility index (Phi) is 4.52. The van der Waals surface area contributed by atoms with E-state index in [4.69, 9.17) is 0 Å². The van der Waals surface area contributed by atoms with Crippen LogP contribution in [0.3, 0.4) is 0 Å². The minimum Gasteiger partial charge on any atom is -0.314 e. The molecule has 2 rings (SSSR count). The van der Waals surface area contributed by atoms with Crippen molar-refractivity contribution in [1.82, 2.24) is 5.32 Å². The minimum absolute atomic E-state index is 0.641. The molecule has 100 valence electrons. The van der Waals surface area contributed by atoms with Gasteiger partial charge in [0.2, 0.25) is 0 Å². The third-order valence-corrected chi connectivity index (χ3v) is 5.16. The molecule has 0 amide bonds. The third kappa shape index (κ3) is 3.98. The average Bonchev–Trinajstić information content (AvgIpc) is 2.94. The fourth-order valence-electron chi connectivity index (χ4n) is 3.51. The molecule has 0 aliphatic heterocycles. The van der Waals surface area contributed by atoms with Crippen LogP contribution in [0.25, 0.3) is 0 Å². The smallest absolute Gasteiger partial charge is 0.00672 e. The van der Waals surface area contributed by atoms with Crippen LogP contribution in [0.2, 0.25) is 0 Å². The van der Waals surface area contributed by atoms with Crippen molar-refractivity contribution in [3.8, 4) is 0 Å². The normalized spacial score (nSPS) is 36.5. The predicted molar refractivity (Wildman–Crippen MR) is 75.2 cm³/mol. The molecule has 3 atom stereocenters. The molecule has 2 aliphatic carbocycles. The van der Waals surface area contributed by atoms with Crippen LogP contribution < -0.4 is 5.32 Å². The molecule has 1 N–H and O–H groups in total. The molecular formula is C16H31N. The fraction of sp³-hybridized carbons (Fsp3) is 1.00. The van der Waals surface area contributed by atoms with Crippen LogP contribution in [-0.4, -0.2) is 12.6 Å². The summed E-state index contributed by atoms with van der Waals surface area (Å²) in [6.45, 7) is 8.42. The van der Waals surface area contributed by atoms with E-state index in [0.717, 1.165) is 17.9 Å². The number of hydrogen-bond acceptors (Lipinski definition) is 1. The van der Waals surface area contributed by atoms with Crippen LogP contribution in [0.1, 0.15) is 72.1 Å². The van der Waals surface area contributed by atoms with E-state index in [-0.39, 0.29) is 0 Å². The topological polar surface area (TPSA) is 12.0 Å². The molecule has 0 aromatic carbocycles. The summed E-state index contributed by atoms with van der Waals surface area (Å²) < 4.78 is 0. The van der Waals surface area contributed by atoms with Gasteiger partial charge >= 0.3 is 0 Å². The van der Waals surface area contributed by atoms with Crippen molar-refractivity contribution in [2.75, 3.05) is 6.54 Å². The Morgan fingerprint density at radius 1 is 1.12 bits per heavy atom. The van der Waals surface area contributed by atoms with Crippen molar-refractivity contribution >= 4 is 0 Å². The van der Waals surface area contributed by atoms with Crippen molar-refractivity contribution in [1.29, 1.82) is 0 Å². The van der Waals surface area contributed by atoms with Crippen LogP contribution in [0.15, 0.2) is 0 Å². The molecule has 0 aromatic rings. The van der Waals surface area contributed by atoms with E-state index in [1.165, 1.54) is 57.9 Å². The van der Waals surface area contributed by atoms with Crippen molar-refractivity contribution in [2.24, 2.45) is 17.3 Å². The lowest BCUT2D eigenvalue weighted by molar-refractivity contribution is 0.401. The van der Waals surface area contributed by atoms with Gasteiger partial charge in [-0.2, -0.15) is 0 Å². The first-order valence-electron chi connectivity index (χ1n) is 7.85. The molecule has 2 saturated carbocycles. The number of nitrogens with one attached hydrogen (secondary N) is 1. The summed E-state index contributed by atoms with van der Waals surface area (Å²) in [6, 6.07) is 0.827. The maximum Gasteiger partial charge on any atom is 0.00672 e. The van der Waals surface area contributed by atoms with E-state index < -0.39 is 0 Å². The lowest BCUT2D eigenvalue weighted by Crippen LogP contribution is -2.31. The van der Waals surface area contributed by atoms with Crippen molar-refractivity contribution in [3.63, 3.8) is 0 Å². The van der Waals surface area contributed by atoms with Crippen molar-refractivity contribution in [2.45, 2.75) is 78.2 Å². The summed E-state index contributed by atoms with van der Waals surface area (Å²) in [5.41, 5.74) is 0.641. The van der Waals surface area contributed by atoms with Gasteiger partial charge in [0.25, 0.3) is 0 Å². The highest BCUT2D eigenvalue weighted by Crippen LogP contribution is 2.51. The minimum atomic E-state index is 0.641. The van der Waals surface area contributed by atoms with Crippen LogP contribution in [0, 0.1) is 17.3 Å². The number of hydrogen-bond donors (Lipinski definition) is 1. The summed E-state index contributed by atoms with van der Waals surface area (Å²) in [5, 5.41) is 3.84. The highest BCUT2D eigenvalue weighted by atomic mass is 14.9. The SMILES string of the molecule is CCCC1CCCC(NCC2CC2(C)C)CC1. The van der Waals surface area contributed by atoms with Gasteiger partial charge in [-0.3, -0.25) is 0 Å². The van der Waals surface area contributed by atoms with Crippen LogP contribution >= 0.6 is 0 Å². The third-order valence-electron chi connectivity index (χ3n) is 5.16. The summed E-state index contributed by atoms with van der Waals surface area (Å²) >= 11 is 0. The van der Waals surface area contributed by atoms with Crippen molar-refractivity contribution < 1.29 is 0 Å². The van der Waals surface area contributed by atoms with Crippen LogP contribution in [0.4, 0.5) is 0 Å². The largest absolute Gasteiger partial charge is 0.314 e. The Morgan fingerprint density at radius 2 is 1.88 bits per heavy atom. The maximum absolute atomic E-state index is 3.84. The van der Waals surface area contributed by atoms with Gasteiger partial charge in [0, 0.05) is 6.04 Å². The Morgan fingerprint density at radius 3 is 2.53 bits per heavy atom. The zero-order valence-electron chi connectivity index (χ0n) is 12.1. The monoisotopic (exact) mass is 237 g/mol. The average molecular weight is 237 g/mol. The van der Waals surface area contributed by atoms with E-state index in [9.17, 15) is 0 Å². The summed E-state index contributed by atoms with van der Waals surface area (Å²) in [4.78, 5) is 0. The lowest BCUT2D eigenvalue weighted by atomic mass is 9.95. The zero-order valence-corrected chi connectivity index (χ0v) is 12.1. The van der Waals surface area contributed by atoms with E-state index >= 15 is 0 Å². The molecule has 0 bridgehead atoms. The molecule has 0 spiro atoms. The van der Waals surface area contributed by atoms with E-state index in [0.29, 0.717) is 5.41 Å². The highest BCUT2D eigenvalue weighted by molar-refractivity contribution is 4.96. The molecule has 3 unspecified atom stereocenters. The van der Waals surface area contributed by atoms with Crippen molar-refractivity contribution in [3.05, 3.63) is 0 Å². The first kappa shape index (κ1) is 13.4. The molecule has 1 nitrogen and oxygen atoms in total. The Labute approximate surface area is 108 Å². The van der Waals surface area contributed by atoms with E-state index in [1.807, 2.05) is 0 Å². The highest BCUT2D eigenvalue weighted by Gasteiger charge is 2.45. The number of rotatable bonds is 5. The van der Waals surface area contributed by atoms with Gasteiger partial charge in [-0.05, 0) is 49.5 Å². The maximum atomic E-state index is 3.84. The first-order chi connectivity index (χ1) is 8.12. The zero-order chi connectivity index (χ0) is 12.3. The van der Waals surface area contributed by atoms with Gasteiger partial charge in [-0.15, -0.1) is 0 Å². The lowest BCUT2D eigenvalue weighted by Gasteiger charge is -2.17. The van der Waals surface area contributed by atoms with Gasteiger partial charge < -0.3 is 5.32 Å². The van der Waals surface area contributed by atoms with E-state index in [2.05, 4.69) is 26.1 Å². The predicted octanol–water partition coefficient (Wildman–Crippen LogP) is 4.37. The standard InChI is InChI=1S/C16H31N/c1-4-6-13-7-5-8-15(10-9-13)17-12-14-11-16(14,2)3/h13-15,17H,4-12H2,1-3H3. The fourth-order valence-corrected chi connectivity index (χ4v) is 3.51. The van der Waals surface area contributed by atoms with Gasteiger partial charge in [0.1, 0.15) is 0 Å². The summed E-state index contributed by atoms with van der Waals surface area (Å²) in [6.07, 6.45) is 11.5. The molecular weight excluding hydrogens is 206 g/mol. The molecule has 2 aliphatic rings. The van der Waals surface area contributed by atoms with Gasteiger partial charge in [-0.1, -0.05) is 46.5 Å². The molecule has 0 saturated heterocycles. The molecule has 17 heavy (non-hydrogen) atoms. The van der Waals surface area contributed by atoms with Gasteiger partial charge in [-0.25, -0.2) is 0 Å². The van der Waals surface area contributed by atoms with Gasteiger partial charge in [0.05, 0.1) is 0 Å². The Balaban J connectivity index is 1.65. The van der Waals surface area contributed by atoms with Crippen LogP contribution in [-0.2, 0) is 0 Å². The second-order valence-corrected chi connectivity index (χ2v) is 7.16.